The molecule has 27 heavy (non-hydrogen) atoms. The van der Waals surface area contributed by atoms with E-state index in [9.17, 15) is 25.2 Å². The first-order valence-corrected chi connectivity index (χ1v) is 10.4. The van der Waals surface area contributed by atoms with Gasteiger partial charge in [0.25, 0.3) is 0 Å². The fraction of sp³-hybridized carbons (Fsp3) is 0.947. The third-order valence-corrected chi connectivity index (χ3v) is 6.54. The normalized spacial score (nSPS) is 34.6. The Hall–Kier alpha value is -0.930. The predicted octanol–water partition coefficient (Wildman–Crippen LogP) is -0.500. The van der Waals surface area contributed by atoms with Crippen LogP contribution in [0.5, 0.6) is 0 Å². The molecule has 5 N–H and O–H groups in total. The molecule has 2 saturated heterocycles. The molecule has 0 spiro atoms. The number of nitrogens with zero attached hydrogens (tertiary/aromatic N) is 2. The summed E-state index contributed by atoms with van der Waals surface area (Å²) in [6.07, 6.45) is 4.16. The van der Waals surface area contributed by atoms with Crippen molar-refractivity contribution in [2.45, 2.75) is 75.3 Å². The number of nitrogens with one attached hydrogen (secondary N) is 1. The molecular formula is C19H35N3O5. The highest BCUT2D eigenvalue weighted by Crippen LogP contribution is 2.25. The molecule has 0 unspecified atom stereocenters. The fourth-order valence-corrected chi connectivity index (χ4v) is 4.75. The highest BCUT2D eigenvalue weighted by atomic mass is 16.4. The first-order chi connectivity index (χ1) is 13.0. The molecule has 2 aliphatic heterocycles. The molecule has 156 valence electrons. The van der Waals surface area contributed by atoms with Gasteiger partial charge in [0.15, 0.2) is 0 Å². The predicted molar refractivity (Wildman–Crippen MR) is 100 cm³/mol. The molecule has 3 rings (SSSR count). The Morgan fingerprint density at radius 1 is 0.963 bits per heavy atom. The van der Waals surface area contributed by atoms with E-state index < -0.39 is 24.4 Å². The summed E-state index contributed by atoms with van der Waals surface area (Å²) in [7, 11) is 0. The number of hydrogen-bond donors (Lipinski definition) is 5. The van der Waals surface area contributed by atoms with Crippen molar-refractivity contribution in [2.75, 3.05) is 32.8 Å². The van der Waals surface area contributed by atoms with Gasteiger partial charge in [-0.25, -0.2) is 4.79 Å². The molecule has 1 aliphatic carbocycles. The topological polar surface area (TPSA) is 117 Å². The van der Waals surface area contributed by atoms with Crippen molar-refractivity contribution in [3.63, 3.8) is 0 Å². The Morgan fingerprint density at radius 3 is 2.26 bits per heavy atom. The van der Waals surface area contributed by atoms with Gasteiger partial charge in [0.05, 0.1) is 18.8 Å². The van der Waals surface area contributed by atoms with Crippen LogP contribution in [-0.2, 0) is 0 Å². The largest absolute Gasteiger partial charge is 0.395 e. The lowest BCUT2D eigenvalue weighted by molar-refractivity contribution is -0.148. The van der Waals surface area contributed by atoms with Gasteiger partial charge in [-0.1, -0.05) is 19.3 Å². The van der Waals surface area contributed by atoms with Crippen molar-refractivity contribution in [1.29, 1.82) is 0 Å². The minimum atomic E-state index is -1.22. The molecule has 0 aromatic rings. The quantitative estimate of drug-likeness (QED) is 0.446. The fourth-order valence-electron chi connectivity index (χ4n) is 4.75. The van der Waals surface area contributed by atoms with Gasteiger partial charge >= 0.3 is 6.03 Å². The number of aliphatic hydroxyl groups excluding tert-OH is 4. The maximum Gasteiger partial charge on any atom is 0.317 e. The van der Waals surface area contributed by atoms with Gasteiger partial charge in [0.2, 0.25) is 0 Å². The zero-order chi connectivity index (χ0) is 19.4. The monoisotopic (exact) mass is 385 g/mol. The van der Waals surface area contributed by atoms with Crippen LogP contribution in [0.15, 0.2) is 0 Å². The summed E-state index contributed by atoms with van der Waals surface area (Å²) in [4.78, 5) is 16.2. The average Bonchev–Trinajstić information content (AvgIpc) is 2.68. The molecule has 0 aromatic heterocycles. The molecule has 8 nitrogen and oxygen atoms in total. The highest BCUT2D eigenvalue weighted by Gasteiger charge is 2.41. The number of piperidine rings is 2. The Morgan fingerprint density at radius 2 is 1.63 bits per heavy atom. The van der Waals surface area contributed by atoms with Crippen LogP contribution >= 0.6 is 0 Å². The summed E-state index contributed by atoms with van der Waals surface area (Å²) < 4.78 is 0. The maximum absolute atomic E-state index is 12.5. The molecule has 2 amide bonds. The van der Waals surface area contributed by atoms with E-state index >= 15 is 0 Å². The van der Waals surface area contributed by atoms with E-state index in [1.54, 1.807) is 0 Å². The van der Waals surface area contributed by atoms with Gasteiger partial charge in [0.1, 0.15) is 12.2 Å². The minimum Gasteiger partial charge on any atom is -0.395 e. The minimum absolute atomic E-state index is 0.0422. The van der Waals surface area contributed by atoms with Gasteiger partial charge in [-0.05, 0) is 31.6 Å². The molecule has 0 radical (unpaired) electrons. The lowest BCUT2D eigenvalue weighted by atomic mass is 9.90. The molecule has 4 atom stereocenters. The van der Waals surface area contributed by atoms with Crippen LogP contribution in [0, 0.1) is 5.92 Å². The second kappa shape index (κ2) is 9.52. The van der Waals surface area contributed by atoms with Crippen molar-refractivity contribution in [2.24, 2.45) is 5.92 Å². The molecule has 3 fully saturated rings. The van der Waals surface area contributed by atoms with E-state index in [2.05, 4.69) is 5.32 Å². The number of rotatable bonds is 4. The van der Waals surface area contributed by atoms with Crippen molar-refractivity contribution >= 4 is 6.03 Å². The Bertz CT molecular complexity index is 480. The summed E-state index contributed by atoms with van der Waals surface area (Å²) in [5, 5.41) is 42.6. The average molecular weight is 386 g/mol. The van der Waals surface area contributed by atoms with E-state index in [1.807, 2.05) is 9.80 Å². The number of carbonyl (C=O) groups excluding carboxylic acids is 1. The number of aliphatic hydroxyl groups is 4. The summed E-state index contributed by atoms with van der Waals surface area (Å²) in [6.45, 7) is 2.03. The maximum atomic E-state index is 12.5. The van der Waals surface area contributed by atoms with Gasteiger partial charge in [0, 0.05) is 32.2 Å². The van der Waals surface area contributed by atoms with Crippen LogP contribution < -0.4 is 5.32 Å². The molecular weight excluding hydrogens is 350 g/mol. The first kappa shape index (κ1) is 20.8. The lowest BCUT2D eigenvalue weighted by Gasteiger charge is -2.45. The second-order valence-corrected chi connectivity index (χ2v) is 8.47. The van der Waals surface area contributed by atoms with Crippen molar-refractivity contribution < 1.29 is 25.2 Å². The van der Waals surface area contributed by atoms with Crippen LogP contribution in [0.3, 0.4) is 0 Å². The SMILES string of the molecule is O=C(NC1CCCCC1)N1CCC(CN2C[C@H](O)[C@@H](O)[C@H](O)[C@H]2CO)CC1. The number of β-amino-alcohol motifs (C(OH)–C–C–N with tert-alkyl or cyclic N) is 1. The Labute approximate surface area is 161 Å². The summed E-state index contributed by atoms with van der Waals surface area (Å²) in [5.74, 6) is 0.340. The van der Waals surface area contributed by atoms with E-state index in [4.69, 9.17) is 0 Å². The van der Waals surface area contributed by atoms with Crippen molar-refractivity contribution in [1.82, 2.24) is 15.1 Å². The molecule has 1 saturated carbocycles. The van der Waals surface area contributed by atoms with E-state index in [0.29, 0.717) is 31.6 Å². The van der Waals surface area contributed by atoms with Crippen molar-refractivity contribution in [3.05, 3.63) is 0 Å². The first-order valence-electron chi connectivity index (χ1n) is 10.4. The third kappa shape index (κ3) is 5.12. The van der Waals surface area contributed by atoms with Gasteiger partial charge in [-0.3, -0.25) is 4.90 Å². The zero-order valence-corrected chi connectivity index (χ0v) is 16.0. The van der Waals surface area contributed by atoms with Crippen LogP contribution in [0.4, 0.5) is 4.79 Å². The molecule has 0 bridgehead atoms. The smallest absolute Gasteiger partial charge is 0.317 e. The molecule has 2 heterocycles. The Kier molecular flexibility index (Phi) is 7.33. The Balaban J connectivity index is 1.45. The summed E-state index contributed by atoms with van der Waals surface area (Å²) in [5.41, 5.74) is 0. The van der Waals surface area contributed by atoms with E-state index in [1.165, 1.54) is 19.3 Å². The van der Waals surface area contributed by atoms with Gasteiger partial charge < -0.3 is 30.6 Å². The van der Waals surface area contributed by atoms with Crippen LogP contribution in [-0.4, -0.2) is 99.4 Å². The standard InChI is InChI=1S/C19H35N3O5/c23-12-15-17(25)18(26)16(24)11-22(15)10-13-6-8-21(9-7-13)19(27)20-14-4-2-1-3-5-14/h13-18,23-26H,1-12H2,(H,20,27)/t15-,16+,17-,18-/m1/s1. The third-order valence-electron chi connectivity index (χ3n) is 6.54. The van der Waals surface area contributed by atoms with Crippen molar-refractivity contribution in [3.8, 4) is 0 Å². The number of amides is 2. The number of hydrogen-bond acceptors (Lipinski definition) is 6. The molecule has 0 aromatic carbocycles. The van der Waals surface area contributed by atoms with Crippen LogP contribution in [0.1, 0.15) is 44.9 Å². The zero-order valence-electron chi connectivity index (χ0n) is 16.0. The number of carbonyl (C=O) groups is 1. The van der Waals surface area contributed by atoms with E-state index in [-0.39, 0.29) is 19.2 Å². The summed E-state index contributed by atoms with van der Waals surface area (Å²) >= 11 is 0. The van der Waals surface area contributed by atoms with Crippen LogP contribution in [0.25, 0.3) is 0 Å². The van der Waals surface area contributed by atoms with E-state index in [0.717, 1.165) is 25.7 Å². The molecule has 3 aliphatic rings. The van der Waals surface area contributed by atoms with Gasteiger partial charge in [-0.15, -0.1) is 0 Å². The number of urea groups is 1. The number of likely N-dealkylation sites (tertiary alicyclic amines) is 2. The van der Waals surface area contributed by atoms with Gasteiger partial charge in [-0.2, -0.15) is 0 Å². The molecule has 8 heteroatoms. The summed E-state index contributed by atoms with van der Waals surface area (Å²) in [6, 6.07) is -0.200. The lowest BCUT2D eigenvalue weighted by Crippen LogP contribution is -2.63. The highest BCUT2D eigenvalue weighted by molar-refractivity contribution is 5.74. The van der Waals surface area contributed by atoms with Crippen LogP contribution in [0.2, 0.25) is 0 Å². The second-order valence-electron chi connectivity index (χ2n) is 8.47.